The molecule has 1 aliphatic carbocycles. The molecule has 21 heavy (non-hydrogen) atoms. The lowest BCUT2D eigenvalue weighted by molar-refractivity contribution is 0.213. The highest BCUT2D eigenvalue weighted by atomic mass is 15.1. The lowest BCUT2D eigenvalue weighted by Gasteiger charge is -2.34. The van der Waals surface area contributed by atoms with Crippen LogP contribution in [0.2, 0.25) is 0 Å². The molecule has 3 atom stereocenters. The highest BCUT2D eigenvalue weighted by molar-refractivity contribution is 5.19. The molecule has 0 spiro atoms. The second-order valence-corrected chi connectivity index (χ2v) is 7.17. The van der Waals surface area contributed by atoms with Gasteiger partial charge in [0.1, 0.15) is 0 Å². The van der Waals surface area contributed by atoms with E-state index in [2.05, 4.69) is 68.5 Å². The third-order valence-corrected chi connectivity index (χ3v) is 5.07. The van der Waals surface area contributed by atoms with Gasteiger partial charge in [-0.2, -0.15) is 0 Å². The Morgan fingerprint density at radius 3 is 2.48 bits per heavy atom. The maximum atomic E-state index is 3.84. The van der Waals surface area contributed by atoms with Crippen molar-refractivity contribution in [2.45, 2.75) is 51.6 Å². The first kappa shape index (κ1) is 16.5. The summed E-state index contributed by atoms with van der Waals surface area (Å²) in [6.45, 7) is 5.80. The summed E-state index contributed by atoms with van der Waals surface area (Å²) in [6.07, 6.45) is 5.51. The van der Waals surface area contributed by atoms with Gasteiger partial charge in [-0.25, -0.2) is 0 Å². The van der Waals surface area contributed by atoms with Crippen LogP contribution in [-0.4, -0.2) is 31.6 Å². The van der Waals surface area contributed by atoms with E-state index < -0.39 is 0 Å². The van der Waals surface area contributed by atoms with Crippen LogP contribution in [0.15, 0.2) is 30.3 Å². The van der Waals surface area contributed by atoms with E-state index in [-0.39, 0.29) is 0 Å². The van der Waals surface area contributed by atoms with Gasteiger partial charge in [0.2, 0.25) is 0 Å². The minimum atomic E-state index is 0.464. The Hall–Kier alpha value is -0.860. The molecular formula is C19H32N2. The maximum absolute atomic E-state index is 3.84. The van der Waals surface area contributed by atoms with E-state index in [1.165, 1.54) is 31.2 Å². The predicted octanol–water partition coefficient (Wildman–Crippen LogP) is 4.09. The van der Waals surface area contributed by atoms with Gasteiger partial charge in [0, 0.05) is 18.6 Å². The molecule has 1 saturated carbocycles. The van der Waals surface area contributed by atoms with Crippen LogP contribution in [0.5, 0.6) is 0 Å². The first-order valence-electron chi connectivity index (χ1n) is 8.52. The molecule has 1 aromatic rings. The molecule has 0 amide bonds. The molecule has 0 aliphatic heterocycles. The van der Waals surface area contributed by atoms with Crippen LogP contribution in [0.25, 0.3) is 0 Å². The number of hydrogen-bond acceptors (Lipinski definition) is 2. The molecular weight excluding hydrogens is 256 g/mol. The van der Waals surface area contributed by atoms with Gasteiger partial charge in [0.25, 0.3) is 0 Å². The first-order chi connectivity index (χ1) is 10.1. The third kappa shape index (κ3) is 4.82. The molecule has 1 N–H and O–H groups in total. The lowest BCUT2D eigenvalue weighted by atomic mass is 9.79. The largest absolute Gasteiger partial charge is 0.312 e. The zero-order chi connectivity index (χ0) is 15.2. The van der Waals surface area contributed by atoms with Crippen LogP contribution in [0.3, 0.4) is 0 Å². The Morgan fingerprint density at radius 1 is 1.14 bits per heavy atom. The minimum absolute atomic E-state index is 0.464. The van der Waals surface area contributed by atoms with Gasteiger partial charge in [-0.3, -0.25) is 0 Å². The average Bonchev–Trinajstić information content (AvgIpc) is 2.48. The topological polar surface area (TPSA) is 15.3 Å². The van der Waals surface area contributed by atoms with E-state index in [0.717, 1.165) is 18.4 Å². The summed E-state index contributed by atoms with van der Waals surface area (Å²) in [5.74, 6) is 1.74. The molecule has 0 heterocycles. The fourth-order valence-corrected chi connectivity index (χ4v) is 3.57. The van der Waals surface area contributed by atoms with Crippen molar-refractivity contribution in [3.8, 4) is 0 Å². The number of rotatable bonds is 6. The zero-order valence-corrected chi connectivity index (χ0v) is 14.2. The molecule has 0 bridgehead atoms. The average molecular weight is 288 g/mol. The van der Waals surface area contributed by atoms with Crippen LogP contribution in [0, 0.1) is 11.8 Å². The summed E-state index contributed by atoms with van der Waals surface area (Å²) in [7, 11) is 4.36. The molecule has 0 saturated heterocycles. The van der Waals surface area contributed by atoms with E-state index in [1.807, 2.05) is 0 Å². The summed E-state index contributed by atoms with van der Waals surface area (Å²) in [6, 6.07) is 12.0. The van der Waals surface area contributed by atoms with Crippen LogP contribution in [0.1, 0.15) is 51.1 Å². The Labute approximate surface area is 130 Å². The van der Waals surface area contributed by atoms with Gasteiger partial charge in [0.05, 0.1) is 0 Å². The molecule has 2 nitrogen and oxygen atoms in total. The second-order valence-electron chi connectivity index (χ2n) is 7.17. The van der Waals surface area contributed by atoms with Crippen molar-refractivity contribution in [1.82, 2.24) is 10.2 Å². The van der Waals surface area contributed by atoms with Crippen LogP contribution in [0.4, 0.5) is 0 Å². The van der Waals surface area contributed by atoms with Crippen LogP contribution >= 0.6 is 0 Å². The summed E-state index contributed by atoms with van der Waals surface area (Å²) in [5, 5.41) is 3.84. The van der Waals surface area contributed by atoms with Crippen LogP contribution < -0.4 is 5.32 Å². The monoisotopic (exact) mass is 288 g/mol. The molecule has 118 valence electrons. The number of benzene rings is 1. The summed E-state index contributed by atoms with van der Waals surface area (Å²) < 4.78 is 0. The molecule has 3 unspecified atom stereocenters. The highest BCUT2D eigenvalue weighted by Crippen LogP contribution is 2.30. The number of nitrogens with one attached hydrogen (secondary N) is 1. The normalized spacial score (nSPS) is 24.5. The molecule has 0 radical (unpaired) electrons. The van der Waals surface area contributed by atoms with Gasteiger partial charge in [-0.1, -0.05) is 57.0 Å². The SMILES string of the molecule is CC(C)C1CCCC(NCC(c2ccccc2)N(C)C)C1. The first-order valence-corrected chi connectivity index (χ1v) is 8.52. The Morgan fingerprint density at radius 2 is 1.86 bits per heavy atom. The van der Waals surface area contributed by atoms with Gasteiger partial charge in [0.15, 0.2) is 0 Å². The van der Waals surface area contributed by atoms with Crippen LogP contribution in [-0.2, 0) is 0 Å². The number of nitrogens with zero attached hydrogens (tertiary/aromatic N) is 1. The molecule has 2 heteroatoms. The Balaban J connectivity index is 1.90. The number of hydrogen-bond donors (Lipinski definition) is 1. The lowest BCUT2D eigenvalue weighted by Crippen LogP contribution is -2.40. The van der Waals surface area contributed by atoms with Crippen molar-refractivity contribution in [3.05, 3.63) is 35.9 Å². The van der Waals surface area contributed by atoms with Gasteiger partial charge in [-0.05, 0) is 44.3 Å². The molecule has 2 rings (SSSR count). The highest BCUT2D eigenvalue weighted by Gasteiger charge is 2.24. The fourth-order valence-electron chi connectivity index (χ4n) is 3.57. The fraction of sp³-hybridized carbons (Fsp3) is 0.684. The molecule has 1 aromatic carbocycles. The van der Waals surface area contributed by atoms with Gasteiger partial charge >= 0.3 is 0 Å². The minimum Gasteiger partial charge on any atom is -0.312 e. The van der Waals surface area contributed by atoms with Crippen molar-refractivity contribution in [2.75, 3.05) is 20.6 Å². The second kappa shape index (κ2) is 7.95. The van der Waals surface area contributed by atoms with Crippen molar-refractivity contribution in [1.29, 1.82) is 0 Å². The maximum Gasteiger partial charge on any atom is 0.0466 e. The van der Waals surface area contributed by atoms with E-state index >= 15 is 0 Å². The Kier molecular flexibility index (Phi) is 6.25. The van der Waals surface area contributed by atoms with Crippen molar-refractivity contribution in [2.24, 2.45) is 11.8 Å². The quantitative estimate of drug-likeness (QED) is 0.848. The van der Waals surface area contributed by atoms with E-state index in [4.69, 9.17) is 0 Å². The standard InChI is InChI=1S/C19H32N2/c1-15(2)17-11-8-12-18(13-17)20-14-19(21(3)4)16-9-6-5-7-10-16/h5-7,9-10,15,17-20H,8,11-14H2,1-4H3. The Bertz CT molecular complexity index is 399. The molecule has 1 fully saturated rings. The van der Waals surface area contributed by atoms with Crippen molar-refractivity contribution >= 4 is 0 Å². The smallest absolute Gasteiger partial charge is 0.0466 e. The third-order valence-electron chi connectivity index (χ3n) is 5.07. The zero-order valence-electron chi connectivity index (χ0n) is 14.2. The molecule has 1 aliphatic rings. The van der Waals surface area contributed by atoms with Crippen molar-refractivity contribution < 1.29 is 0 Å². The van der Waals surface area contributed by atoms with Crippen molar-refractivity contribution in [3.63, 3.8) is 0 Å². The van der Waals surface area contributed by atoms with Gasteiger partial charge < -0.3 is 10.2 Å². The van der Waals surface area contributed by atoms with E-state index in [1.54, 1.807) is 0 Å². The van der Waals surface area contributed by atoms with Gasteiger partial charge in [-0.15, -0.1) is 0 Å². The summed E-state index contributed by atoms with van der Waals surface area (Å²) in [4.78, 5) is 2.32. The summed E-state index contributed by atoms with van der Waals surface area (Å²) >= 11 is 0. The van der Waals surface area contributed by atoms with E-state index in [9.17, 15) is 0 Å². The predicted molar refractivity (Wildman–Crippen MR) is 91.5 cm³/mol. The number of likely N-dealkylation sites (N-methyl/N-ethyl adjacent to an activating group) is 1. The molecule has 0 aromatic heterocycles. The van der Waals surface area contributed by atoms with E-state index in [0.29, 0.717) is 12.1 Å². The summed E-state index contributed by atoms with van der Waals surface area (Å²) in [5.41, 5.74) is 1.41.